The number of hydrazine groups is 2. The van der Waals surface area contributed by atoms with E-state index < -0.39 is 0 Å². The lowest BCUT2D eigenvalue weighted by molar-refractivity contribution is 0.00602. The van der Waals surface area contributed by atoms with Crippen molar-refractivity contribution >= 4 is 5.91 Å². The van der Waals surface area contributed by atoms with E-state index >= 15 is 0 Å². The molecule has 1 amide bonds. The zero-order valence-corrected chi connectivity index (χ0v) is 7.31. The topological polar surface area (TPSA) is 53.6 Å². The van der Waals surface area contributed by atoms with E-state index in [0.717, 1.165) is 0 Å². The minimum Gasteiger partial charge on any atom is -0.394 e. The molecule has 2 rings (SSSR count). The molecule has 0 saturated carbocycles. The highest BCUT2D eigenvalue weighted by molar-refractivity contribution is 5.93. The fraction of sp³-hybridized carbons (Fsp3) is 0. The monoisotopic (exact) mass is 191 g/mol. The van der Waals surface area contributed by atoms with Gasteiger partial charge in [-0.25, -0.2) is 5.43 Å². The van der Waals surface area contributed by atoms with E-state index in [0.29, 0.717) is 5.56 Å². The average Bonchev–Trinajstić information content (AvgIpc) is 2.72. The summed E-state index contributed by atoms with van der Waals surface area (Å²) < 4.78 is 0. The van der Waals surface area contributed by atoms with Gasteiger partial charge in [0.05, 0.1) is 6.20 Å². The molecule has 72 valence electrons. The third-order valence-corrected chi connectivity index (χ3v) is 1.69. The van der Waals surface area contributed by atoms with Crippen LogP contribution in [0.25, 0.3) is 0 Å². The van der Waals surface area contributed by atoms with Crippen LogP contribution in [0.1, 0.15) is 10.4 Å². The summed E-state index contributed by atoms with van der Waals surface area (Å²) in [5.41, 5.74) is 5.61. The first-order valence-corrected chi connectivity index (χ1v) is 4.09. The molecular formula is C9H9N3O2. The van der Waals surface area contributed by atoms with Crippen LogP contribution in [0.3, 0.4) is 0 Å². The largest absolute Gasteiger partial charge is 0.394 e. The molecule has 1 aliphatic rings. The van der Waals surface area contributed by atoms with Crippen molar-refractivity contribution < 1.29 is 9.63 Å². The van der Waals surface area contributed by atoms with Gasteiger partial charge >= 0.3 is 0 Å². The number of nitrogens with zero attached hydrogens (tertiary/aromatic N) is 1. The molecule has 0 atom stereocenters. The molecule has 2 N–H and O–H groups in total. The third-order valence-electron chi connectivity index (χ3n) is 1.69. The Balaban J connectivity index is 1.99. The van der Waals surface area contributed by atoms with Gasteiger partial charge in [-0.3, -0.25) is 4.79 Å². The second-order valence-electron chi connectivity index (χ2n) is 2.67. The van der Waals surface area contributed by atoms with Gasteiger partial charge in [0, 0.05) is 5.56 Å². The Hall–Kier alpha value is -2.01. The Morgan fingerprint density at radius 1 is 1.36 bits per heavy atom. The lowest BCUT2D eigenvalue weighted by atomic mass is 10.2. The Labute approximate surface area is 80.9 Å². The minimum atomic E-state index is -0.201. The molecule has 1 aromatic carbocycles. The molecule has 0 spiro atoms. The number of hydrogen-bond acceptors (Lipinski definition) is 4. The van der Waals surface area contributed by atoms with Crippen molar-refractivity contribution in [1.82, 2.24) is 16.1 Å². The second-order valence-corrected chi connectivity index (χ2v) is 2.67. The van der Waals surface area contributed by atoms with Gasteiger partial charge in [0.1, 0.15) is 6.26 Å². The molecule has 14 heavy (non-hydrogen) atoms. The van der Waals surface area contributed by atoms with Crippen LogP contribution in [0.5, 0.6) is 0 Å². The maximum Gasteiger partial charge on any atom is 0.271 e. The molecule has 0 radical (unpaired) electrons. The number of carbonyl (C=O) groups is 1. The first kappa shape index (κ1) is 8.58. The molecule has 1 aliphatic heterocycles. The van der Waals surface area contributed by atoms with Gasteiger partial charge in [-0.15, -0.1) is 0 Å². The third kappa shape index (κ3) is 1.83. The molecule has 5 nitrogen and oxygen atoms in total. The van der Waals surface area contributed by atoms with Gasteiger partial charge in [-0.2, -0.15) is 5.12 Å². The average molecular weight is 191 g/mol. The highest BCUT2D eigenvalue weighted by atomic mass is 16.7. The maximum atomic E-state index is 11.5. The molecule has 1 heterocycles. The van der Waals surface area contributed by atoms with Crippen LogP contribution in [0.15, 0.2) is 42.8 Å². The number of benzene rings is 1. The quantitative estimate of drug-likeness (QED) is 0.717. The molecule has 0 aliphatic carbocycles. The fourth-order valence-corrected chi connectivity index (χ4v) is 1.03. The van der Waals surface area contributed by atoms with Crippen LogP contribution >= 0.6 is 0 Å². The van der Waals surface area contributed by atoms with E-state index in [-0.39, 0.29) is 5.91 Å². The summed E-state index contributed by atoms with van der Waals surface area (Å²) in [6.07, 6.45) is 2.98. The predicted molar refractivity (Wildman–Crippen MR) is 49.1 cm³/mol. The van der Waals surface area contributed by atoms with E-state index in [1.54, 1.807) is 30.5 Å². The number of nitrogens with one attached hydrogen (secondary N) is 2. The van der Waals surface area contributed by atoms with Crippen LogP contribution in [-0.4, -0.2) is 11.0 Å². The highest BCUT2D eigenvalue weighted by Gasteiger charge is 2.09. The van der Waals surface area contributed by atoms with E-state index in [4.69, 9.17) is 0 Å². The Morgan fingerprint density at radius 2 is 2.14 bits per heavy atom. The lowest BCUT2D eigenvalue weighted by Crippen LogP contribution is -2.43. The van der Waals surface area contributed by atoms with Gasteiger partial charge in [0.25, 0.3) is 5.91 Å². The first-order chi connectivity index (χ1) is 6.86. The summed E-state index contributed by atoms with van der Waals surface area (Å²) in [5.74, 6) is -0.201. The molecule has 0 aromatic heterocycles. The zero-order valence-electron chi connectivity index (χ0n) is 7.31. The fourth-order valence-electron chi connectivity index (χ4n) is 1.03. The van der Waals surface area contributed by atoms with Gasteiger partial charge in [-0.05, 0) is 17.7 Å². The number of hydrogen-bond donors (Lipinski definition) is 2. The Bertz CT molecular complexity index is 350. The minimum absolute atomic E-state index is 0.201. The zero-order chi connectivity index (χ0) is 9.80. The van der Waals surface area contributed by atoms with Crippen LogP contribution in [-0.2, 0) is 4.84 Å². The number of carbonyl (C=O) groups excluding carboxylic acids is 1. The summed E-state index contributed by atoms with van der Waals surface area (Å²) in [4.78, 5) is 16.2. The molecule has 5 heteroatoms. The summed E-state index contributed by atoms with van der Waals surface area (Å²) in [5, 5.41) is 1.33. The molecule has 1 aromatic rings. The van der Waals surface area contributed by atoms with Crippen molar-refractivity contribution in [2.24, 2.45) is 0 Å². The smallest absolute Gasteiger partial charge is 0.271 e. The SMILES string of the molecule is O=C(NN1C=CON1)c1ccccc1. The van der Waals surface area contributed by atoms with Gasteiger partial charge < -0.3 is 4.84 Å². The molecule has 0 saturated heterocycles. The summed E-state index contributed by atoms with van der Waals surface area (Å²) >= 11 is 0. The van der Waals surface area contributed by atoms with E-state index in [1.165, 1.54) is 11.4 Å². The summed E-state index contributed by atoms with van der Waals surface area (Å²) in [6, 6.07) is 8.93. The van der Waals surface area contributed by atoms with Crippen LogP contribution < -0.4 is 11.0 Å². The van der Waals surface area contributed by atoms with E-state index in [1.807, 2.05) is 6.07 Å². The molecule has 0 bridgehead atoms. The highest BCUT2D eigenvalue weighted by Crippen LogP contribution is 1.99. The van der Waals surface area contributed by atoms with Gasteiger partial charge in [-0.1, -0.05) is 18.2 Å². The van der Waals surface area contributed by atoms with Crippen molar-refractivity contribution in [3.05, 3.63) is 48.4 Å². The van der Waals surface area contributed by atoms with Gasteiger partial charge in [0.2, 0.25) is 0 Å². The number of rotatable bonds is 2. The Morgan fingerprint density at radius 3 is 2.79 bits per heavy atom. The summed E-state index contributed by atoms with van der Waals surface area (Å²) in [6.45, 7) is 0. The van der Waals surface area contributed by atoms with Crippen molar-refractivity contribution in [3.63, 3.8) is 0 Å². The van der Waals surface area contributed by atoms with Gasteiger partial charge in [0.15, 0.2) is 0 Å². The molecular weight excluding hydrogens is 182 g/mol. The van der Waals surface area contributed by atoms with E-state index in [2.05, 4.69) is 15.9 Å². The van der Waals surface area contributed by atoms with Crippen molar-refractivity contribution in [1.29, 1.82) is 0 Å². The van der Waals surface area contributed by atoms with Crippen molar-refractivity contribution in [2.45, 2.75) is 0 Å². The van der Waals surface area contributed by atoms with Crippen LogP contribution in [0, 0.1) is 0 Å². The Kier molecular flexibility index (Phi) is 2.33. The van der Waals surface area contributed by atoms with E-state index in [9.17, 15) is 4.79 Å². The van der Waals surface area contributed by atoms with Crippen molar-refractivity contribution in [3.8, 4) is 0 Å². The van der Waals surface area contributed by atoms with Crippen LogP contribution in [0.2, 0.25) is 0 Å². The maximum absolute atomic E-state index is 11.5. The first-order valence-electron chi connectivity index (χ1n) is 4.09. The molecule has 0 fully saturated rings. The van der Waals surface area contributed by atoms with Crippen LogP contribution in [0.4, 0.5) is 0 Å². The lowest BCUT2D eigenvalue weighted by Gasteiger charge is -2.14. The summed E-state index contributed by atoms with van der Waals surface area (Å²) in [7, 11) is 0. The molecule has 0 unspecified atom stereocenters. The second kappa shape index (κ2) is 3.80. The predicted octanol–water partition coefficient (Wildman–Crippen LogP) is 0.554. The number of amides is 1. The van der Waals surface area contributed by atoms with Crippen molar-refractivity contribution in [2.75, 3.05) is 0 Å². The normalized spacial score (nSPS) is 13.9. The standard InChI is InChI=1S/C9H9N3O2/c13-9(8-4-2-1-3-5-8)10-12-6-7-14-11-12/h1-7,11H,(H,10,13).